The first-order chi connectivity index (χ1) is 17.0. The highest BCUT2D eigenvalue weighted by molar-refractivity contribution is 5.88. The van der Waals surface area contributed by atoms with Gasteiger partial charge in [-0.3, -0.25) is 9.59 Å². The molecule has 0 bridgehead atoms. The van der Waals surface area contributed by atoms with Gasteiger partial charge in [-0.2, -0.15) is 0 Å². The Morgan fingerprint density at radius 3 is 2.39 bits per heavy atom. The van der Waals surface area contributed by atoms with E-state index in [1.807, 2.05) is 30.3 Å². The number of hydrogen-bond acceptors (Lipinski definition) is 9. The summed E-state index contributed by atoms with van der Waals surface area (Å²) in [4.78, 5) is 40.4. The van der Waals surface area contributed by atoms with Crippen LogP contribution < -0.4 is 22.1 Å². The molecule has 0 radical (unpaired) electrons. The SMILES string of the molecule is CC(=O)N[C@H]1[C@H]([C@H](O)[C@H](O)CO)OC(C(=O)O)=C[C@@H]1NC(=O)[C@H](COCc1ccccc1)N=C(N)N. The molecule has 0 aliphatic carbocycles. The number of amides is 2. The molecule has 10 N–H and O–H groups in total. The zero-order valence-electron chi connectivity index (χ0n) is 19.5. The molecule has 0 unspecified atom stereocenters. The van der Waals surface area contributed by atoms with Crippen molar-refractivity contribution in [1.82, 2.24) is 10.6 Å². The maximum absolute atomic E-state index is 13.1. The van der Waals surface area contributed by atoms with Gasteiger partial charge < -0.3 is 52.0 Å². The van der Waals surface area contributed by atoms with E-state index in [4.69, 9.17) is 20.9 Å². The molecular weight excluding hydrogens is 478 g/mol. The lowest BCUT2D eigenvalue weighted by molar-refractivity contribution is -0.147. The highest BCUT2D eigenvalue weighted by Crippen LogP contribution is 2.23. The highest BCUT2D eigenvalue weighted by Gasteiger charge is 2.44. The molecular formula is C22H31N5O9. The lowest BCUT2D eigenvalue weighted by Gasteiger charge is -2.40. The van der Waals surface area contributed by atoms with Gasteiger partial charge in [-0.25, -0.2) is 9.79 Å². The van der Waals surface area contributed by atoms with E-state index in [1.165, 1.54) is 0 Å². The number of benzene rings is 1. The number of nitrogens with one attached hydrogen (secondary N) is 2. The first kappa shape index (κ1) is 28.5. The Morgan fingerprint density at radius 1 is 1.17 bits per heavy atom. The van der Waals surface area contributed by atoms with Gasteiger partial charge in [0.25, 0.3) is 0 Å². The van der Waals surface area contributed by atoms with Crippen LogP contribution in [-0.4, -0.2) is 93.8 Å². The molecule has 1 aliphatic rings. The molecule has 1 aliphatic heterocycles. The van der Waals surface area contributed by atoms with Gasteiger partial charge in [0, 0.05) is 6.92 Å². The number of carboxylic acids is 1. The van der Waals surface area contributed by atoms with Crippen molar-refractivity contribution in [2.75, 3.05) is 13.2 Å². The molecule has 14 nitrogen and oxygen atoms in total. The number of nitrogens with zero attached hydrogens (tertiary/aromatic N) is 1. The van der Waals surface area contributed by atoms with Crippen LogP contribution in [0.5, 0.6) is 0 Å². The minimum absolute atomic E-state index is 0.160. The minimum Gasteiger partial charge on any atom is -0.478 e. The molecule has 1 heterocycles. The Bertz CT molecular complexity index is 968. The van der Waals surface area contributed by atoms with Gasteiger partial charge in [0.1, 0.15) is 18.3 Å². The van der Waals surface area contributed by atoms with Crippen LogP contribution >= 0.6 is 0 Å². The van der Waals surface area contributed by atoms with E-state index in [0.717, 1.165) is 18.6 Å². The largest absolute Gasteiger partial charge is 0.478 e. The van der Waals surface area contributed by atoms with Gasteiger partial charge in [-0.1, -0.05) is 30.3 Å². The number of aliphatic carboxylic acids is 1. The van der Waals surface area contributed by atoms with Gasteiger partial charge >= 0.3 is 5.97 Å². The number of hydrogen-bond donors (Lipinski definition) is 8. The lowest BCUT2D eigenvalue weighted by Crippen LogP contribution is -2.64. The monoisotopic (exact) mass is 509 g/mol. The van der Waals surface area contributed by atoms with Gasteiger partial charge in [-0.15, -0.1) is 0 Å². The number of ether oxygens (including phenoxy) is 2. The fourth-order valence-corrected chi connectivity index (χ4v) is 3.47. The van der Waals surface area contributed by atoms with Crippen molar-refractivity contribution in [3.8, 4) is 0 Å². The van der Waals surface area contributed by atoms with Crippen molar-refractivity contribution in [2.24, 2.45) is 16.5 Å². The first-order valence-electron chi connectivity index (χ1n) is 10.9. The average Bonchev–Trinajstić information content (AvgIpc) is 2.83. The van der Waals surface area contributed by atoms with Gasteiger partial charge in [0.15, 0.2) is 12.0 Å². The van der Waals surface area contributed by atoms with Gasteiger partial charge in [0.2, 0.25) is 17.6 Å². The predicted octanol–water partition coefficient (Wildman–Crippen LogP) is -3.08. The van der Waals surface area contributed by atoms with Crippen molar-refractivity contribution in [1.29, 1.82) is 0 Å². The van der Waals surface area contributed by atoms with Crippen LogP contribution in [0, 0.1) is 0 Å². The molecule has 0 spiro atoms. The number of carbonyl (C=O) groups excluding carboxylic acids is 2. The smallest absolute Gasteiger partial charge is 0.370 e. The summed E-state index contributed by atoms with van der Waals surface area (Å²) in [7, 11) is 0. The normalized spacial score (nSPS) is 21.7. The van der Waals surface area contributed by atoms with Crippen LogP contribution in [0.25, 0.3) is 0 Å². The molecule has 2 amide bonds. The Morgan fingerprint density at radius 2 is 1.83 bits per heavy atom. The van der Waals surface area contributed by atoms with Crippen molar-refractivity contribution < 1.29 is 44.3 Å². The molecule has 0 saturated carbocycles. The molecule has 1 aromatic rings. The predicted molar refractivity (Wildman–Crippen MR) is 125 cm³/mol. The van der Waals surface area contributed by atoms with E-state index in [1.54, 1.807) is 0 Å². The van der Waals surface area contributed by atoms with E-state index in [-0.39, 0.29) is 13.2 Å². The fourth-order valence-electron chi connectivity index (χ4n) is 3.47. The van der Waals surface area contributed by atoms with Crippen molar-refractivity contribution in [2.45, 2.75) is 50.0 Å². The number of nitrogens with two attached hydrogens (primary N) is 2. The summed E-state index contributed by atoms with van der Waals surface area (Å²) >= 11 is 0. The number of guanidine groups is 1. The lowest BCUT2D eigenvalue weighted by atomic mass is 9.91. The highest BCUT2D eigenvalue weighted by atomic mass is 16.5. The second-order valence-electron chi connectivity index (χ2n) is 7.99. The van der Waals surface area contributed by atoms with Gasteiger partial charge in [0.05, 0.1) is 31.9 Å². The summed E-state index contributed by atoms with van der Waals surface area (Å²) in [6, 6.07) is 5.39. The van der Waals surface area contributed by atoms with Crippen LogP contribution in [0.2, 0.25) is 0 Å². The quantitative estimate of drug-likeness (QED) is 0.104. The number of aliphatic hydroxyl groups is 3. The average molecular weight is 510 g/mol. The number of carbonyl (C=O) groups is 3. The maximum Gasteiger partial charge on any atom is 0.370 e. The summed E-state index contributed by atoms with van der Waals surface area (Å²) in [6.07, 6.45) is -4.07. The number of aliphatic hydroxyl groups excluding tert-OH is 3. The zero-order valence-corrected chi connectivity index (χ0v) is 19.5. The Labute approximate surface area is 206 Å². The molecule has 0 aromatic heterocycles. The third kappa shape index (κ3) is 8.20. The molecule has 0 saturated heterocycles. The number of rotatable bonds is 12. The van der Waals surface area contributed by atoms with E-state index in [9.17, 15) is 34.8 Å². The summed E-state index contributed by atoms with van der Waals surface area (Å²) in [6.45, 7) is 0.202. The zero-order chi connectivity index (χ0) is 26.8. The van der Waals surface area contributed by atoms with Crippen LogP contribution in [0.15, 0.2) is 47.2 Å². The fraction of sp³-hybridized carbons (Fsp3) is 0.455. The van der Waals surface area contributed by atoms with Crippen LogP contribution in [-0.2, 0) is 30.5 Å². The first-order valence-corrected chi connectivity index (χ1v) is 10.9. The summed E-state index contributed by atoms with van der Waals surface area (Å²) in [5, 5.41) is 44.0. The Balaban J connectivity index is 2.28. The van der Waals surface area contributed by atoms with E-state index in [0.29, 0.717) is 0 Å². The van der Waals surface area contributed by atoms with E-state index >= 15 is 0 Å². The van der Waals surface area contributed by atoms with Crippen molar-refractivity contribution in [3.05, 3.63) is 47.7 Å². The van der Waals surface area contributed by atoms with Crippen LogP contribution in [0.4, 0.5) is 0 Å². The third-order valence-electron chi connectivity index (χ3n) is 5.14. The molecule has 36 heavy (non-hydrogen) atoms. The van der Waals surface area contributed by atoms with Crippen LogP contribution in [0.1, 0.15) is 12.5 Å². The van der Waals surface area contributed by atoms with Crippen molar-refractivity contribution >= 4 is 23.7 Å². The Kier molecular flexibility index (Phi) is 10.6. The third-order valence-corrected chi connectivity index (χ3v) is 5.14. The number of aliphatic imine (C=N–C) groups is 1. The van der Waals surface area contributed by atoms with Crippen molar-refractivity contribution in [3.63, 3.8) is 0 Å². The molecule has 0 fully saturated rings. The summed E-state index contributed by atoms with van der Waals surface area (Å²) in [5.41, 5.74) is 11.7. The van der Waals surface area contributed by atoms with Gasteiger partial charge in [-0.05, 0) is 11.6 Å². The minimum atomic E-state index is -1.82. The topological polar surface area (TPSA) is 239 Å². The summed E-state index contributed by atoms with van der Waals surface area (Å²) < 4.78 is 10.8. The Hall–Kier alpha value is -3.72. The molecule has 14 heteroatoms. The van der Waals surface area contributed by atoms with Crippen LogP contribution in [0.3, 0.4) is 0 Å². The molecule has 2 rings (SSSR count). The maximum atomic E-state index is 13.1. The molecule has 6 atom stereocenters. The second kappa shape index (κ2) is 13.4. The summed E-state index contributed by atoms with van der Waals surface area (Å²) in [5.74, 6) is -3.97. The van der Waals surface area contributed by atoms with E-state index in [2.05, 4.69) is 15.6 Å². The molecule has 1 aromatic carbocycles. The standard InChI is InChI=1S/C22H31N5O9/c1-11(29)25-17-13(7-16(21(33)34)36-19(17)18(31)15(30)8-28)26-20(32)14(27-22(23)24)10-35-9-12-5-3-2-4-6-12/h2-7,13-15,17-19,28,30-31H,8-10H2,1H3,(H,25,29)(H,26,32)(H,33,34)(H4,23,24,27)/t13-,14-,15+,17+,18+,19+/m0/s1. The second-order valence-corrected chi connectivity index (χ2v) is 7.99. The number of carboxylic acid groups (broad SMARTS) is 1. The molecule has 198 valence electrons. The van der Waals surface area contributed by atoms with E-state index < -0.39 is 72.5 Å².